The number of cyclic esters (lactones) is 1. The molecular weight excluding hydrogens is 562 g/mol. The van der Waals surface area contributed by atoms with Gasteiger partial charge in [-0.25, -0.2) is 13.6 Å². The normalized spacial score (nSPS) is 17.8. The summed E-state index contributed by atoms with van der Waals surface area (Å²) in [5, 5.41) is 0. The zero-order valence-electron chi connectivity index (χ0n) is 22.3. The molecule has 1 heterocycles. The fourth-order valence-electron chi connectivity index (χ4n) is 4.84. The Morgan fingerprint density at radius 1 is 0.902 bits per heavy atom. The lowest BCUT2D eigenvalue weighted by Gasteiger charge is -2.24. The average Bonchev–Trinajstić information content (AvgIpc) is 3.16. The minimum absolute atomic E-state index is 0.0180. The molecule has 2 atom stereocenters. The number of carbonyl (C=O) groups is 1. The number of halogens is 8. The number of ether oxygens (including phenoxy) is 2. The second kappa shape index (κ2) is 10.9. The van der Waals surface area contributed by atoms with Crippen LogP contribution in [0, 0.1) is 11.6 Å². The Morgan fingerprint density at radius 3 is 2.05 bits per heavy atom. The van der Waals surface area contributed by atoms with Crippen LogP contribution in [0.15, 0.2) is 48.5 Å². The first-order chi connectivity index (χ1) is 19.0. The number of hydrogen-bond donors (Lipinski definition) is 0. The van der Waals surface area contributed by atoms with Crippen molar-refractivity contribution in [2.24, 2.45) is 0 Å². The Balaban J connectivity index is 1.76. The van der Waals surface area contributed by atoms with Gasteiger partial charge in [0, 0.05) is 17.2 Å². The zero-order chi connectivity index (χ0) is 30.4. The molecule has 1 amide bonds. The van der Waals surface area contributed by atoms with Crippen molar-refractivity contribution < 1.29 is 49.4 Å². The van der Waals surface area contributed by atoms with E-state index in [9.17, 15) is 35.5 Å². The Kier molecular flexibility index (Phi) is 7.99. The molecule has 0 N–H and O–H groups in total. The summed E-state index contributed by atoms with van der Waals surface area (Å²) in [6, 6.07) is 6.63. The van der Waals surface area contributed by atoms with Crippen molar-refractivity contribution in [3.8, 4) is 16.9 Å². The summed E-state index contributed by atoms with van der Waals surface area (Å²) in [4.78, 5) is 13.9. The fourth-order valence-corrected chi connectivity index (χ4v) is 4.84. The van der Waals surface area contributed by atoms with E-state index < -0.39 is 65.5 Å². The summed E-state index contributed by atoms with van der Waals surface area (Å²) in [6.45, 7) is 4.46. The molecule has 41 heavy (non-hydrogen) atoms. The molecule has 1 unspecified atom stereocenters. The molecule has 3 aromatic carbocycles. The van der Waals surface area contributed by atoms with Crippen molar-refractivity contribution in [1.82, 2.24) is 4.90 Å². The van der Waals surface area contributed by atoms with E-state index in [1.807, 2.05) is 0 Å². The van der Waals surface area contributed by atoms with Crippen LogP contribution in [0.1, 0.15) is 60.6 Å². The predicted octanol–water partition coefficient (Wildman–Crippen LogP) is 8.88. The highest BCUT2D eigenvalue weighted by Crippen LogP contribution is 2.42. The van der Waals surface area contributed by atoms with Crippen LogP contribution >= 0.6 is 0 Å². The maximum Gasteiger partial charge on any atom is 0.416 e. The van der Waals surface area contributed by atoms with Crippen molar-refractivity contribution in [3.05, 3.63) is 88.0 Å². The molecule has 4 nitrogen and oxygen atoms in total. The molecule has 12 heteroatoms. The summed E-state index contributed by atoms with van der Waals surface area (Å²) in [5.41, 5.74) is -2.73. The minimum atomic E-state index is -5.09. The lowest BCUT2D eigenvalue weighted by Crippen LogP contribution is -2.32. The largest absolute Gasteiger partial charge is 0.496 e. The van der Waals surface area contributed by atoms with Crippen LogP contribution in [0.3, 0.4) is 0 Å². The van der Waals surface area contributed by atoms with Crippen molar-refractivity contribution in [1.29, 1.82) is 0 Å². The molecule has 220 valence electrons. The minimum Gasteiger partial charge on any atom is -0.496 e. The topological polar surface area (TPSA) is 38.8 Å². The lowest BCUT2D eigenvalue weighted by molar-refractivity contribution is -0.143. The van der Waals surface area contributed by atoms with Gasteiger partial charge in [0.25, 0.3) is 0 Å². The van der Waals surface area contributed by atoms with Gasteiger partial charge in [-0.05, 0) is 59.9 Å². The Labute approximate surface area is 230 Å². The fraction of sp³-hybridized carbons (Fsp3) is 0.345. The molecule has 1 saturated heterocycles. The Bertz CT molecular complexity index is 1430. The van der Waals surface area contributed by atoms with Gasteiger partial charge < -0.3 is 9.47 Å². The highest BCUT2D eigenvalue weighted by atomic mass is 19.4. The number of hydrogen-bond acceptors (Lipinski definition) is 3. The zero-order valence-corrected chi connectivity index (χ0v) is 22.3. The van der Waals surface area contributed by atoms with Gasteiger partial charge in [0.05, 0.1) is 30.8 Å². The molecule has 3 aromatic rings. The van der Waals surface area contributed by atoms with Crippen LogP contribution in [-0.2, 0) is 23.6 Å². The molecule has 0 saturated carbocycles. The second-order valence-corrected chi connectivity index (χ2v) is 10.0. The summed E-state index contributed by atoms with van der Waals surface area (Å²) < 4.78 is 121. The summed E-state index contributed by atoms with van der Waals surface area (Å²) in [6.07, 6.45) is -12.7. The van der Waals surface area contributed by atoms with Crippen molar-refractivity contribution >= 4 is 6.09 Å². The third-order valence-electron chi connectivity index (χ3n) is 7.01. The van der Waals surface area contributed by atoms with E-state index in [4.69, 9.17) is 9.47 Å². The van der Waals surface area contributed by atoms with Crippen LogP contribution in [-0.4, -0.2) is 24.1 Å². The number of alkyl halides is 6. The van der Waals surface area contributed by atoms with E-state index >= 15 is 4.39 Å². The van der Waals surface area contributed by atoms with Gasteiger partial charge >= 0.3 is 18.4 Å². The molecular formula is C29H25F8NO3. The van der Waals surface area contributed by atoms with Crippen molar-refractivity contribution in [3.63, 3.8) is 0 Å². The van der Waals surface area contributed by atoms with Gasteiger partial charge in [-0.15, -0.1) is 0 Å². The summed E-state index contributed by atoms with van der Waals surface area (Å²) in [5.74, 6) is -1.42. The van der Waals surface area contributed by atoms with Gasteiger partial charge in [0.2, 0.25) is 0 Å². The molecule has 1 aliphatic heterocycles. The van der Waals surface area contributed by atoms with Crippen LogP contribution in [0.25, 0.3) is 11.1 Å². The van der Waals surface area contributed by atoms with E-state index in [0.29, 0.717) is 23.3 Å². The second-order valence-electron chi connectivity index (χ2n) is 10.0. The summed E-state index contributed by atoms with van der Waals surface area (Å²) >= 11 is 0. The maximum atomic E-state index is 15.3. The van der Waals surface area contributed by atoms with Crippen molar-refractivity contribution in [2.45, 2.75) is 57.7 Å². The van der Waals surface area contributed by atoms with Crippen LogP contribution in [0.4, 0.5) is 39.9 Å². The third-order valence-corrected chi connectivity index (χ3v) is 7.01. The first-order valence-electron chi connectivity index (χ1n) is 12.4. The lowest BCUT2D eigenvalue weighted by atomic mass is 9.92. The van der Waals surface area contributed by atoms with E-state index in [1.54, 1.807) is 13.8 Å². The highest BCUT2D eigenvalue weighted by molar-refractivity contribution is 5.76. The molecule has 0 radical (unpaired) electrons. The van der Waals surface area contributed by atoms with Crippen LogP contribution in [0.5, 0.6) is 5.75 Å². The highest BCUT2D eigenvalue weighted by Gasteiger charge is 2.43. The molecule has 0 spiro atoms. The van der Waals surface area contributed by atoms with E-state index in [-0.39, 0.29) is 28.9 Å². The smallest absolute Gasteiger partial charge is 0.416 e. The standard InChI is InChI=1S/C29H25F8NO3/c1-14(2)20-11-21(25(40-4)12-24(20)31)19-6-5-7-23(30)22(19)13-38-15(3)26(41-27(38)39)16-8-17(28(32,33)34)10-18(9-16)29(35,36)37/h5-12,14-15,26H,13H2,1-4H3/t15?,26-/m0/s1. The molecule has 0 aromatic heterocycles. The first-order valence-corrected chi connectivity index (χ1v) is 12.4. The van der Waals surface area contributed by atoms with Gasteiger partial charge in [0.1, 0.15) is 23.5 Å². The third kappa shape index (κ3) is 5.96. The van der Waals surface area contributed by atoms with E-state index in [2.05, 4.69) is 0 Å². The number of amides is 1. The molecule has 4 rings (SSSR count). The quantitative estimate of drug-likeness (QED) is 0.271. The number of nitrogens with zero attached hydrogens (tertiary/aromatic N) is 1. The average molecular weight is 588 g/mol. The van der Waals surface area contributed by atoms with Gasteiger partial charge in [-0.1, -0.05) is 26.0 Å². The Hall–Kier alpha value is -3.83. The first kappa shape index (κ1) is 30.1. The van der Waals surface area contributed by atoms with Gasteiger partial charge in [-0.2, -0.15) is 26.3 Å². The number of benzene rings is 3. The van der Waals surface area contributed by atoms with Crippen LogP contribution in [0.2, 0.25) is 0 Å². The molecule has 0 bridgehead atoms. The molecule has 1 aliphatic rings. The predicted molar refractivity (Wildman–Crippen MR) is 133 cm³/mol. The molecule has 0 aliphatic carbocycles. The Morgan fingerprint density at radius 2 is 1.51 bits per heavy atom. The molecule has 1 fully saturated rings. The summed E-state index contributed by atoms with van der Waals surface area (Å²) in [7, 11) is 1.31. The van der Waals surface area contributed by atoms with Gasteiger partial charge in [-0.3, -0.25) is 4.90 Å². The van der Waals surface area contributed by atoms with E-state index in [1.165, 1.54) is 32.2 Å². The number of rotatable bonds is 6. The SMILES string of the molecule is COc1cc(F)c(C(C)C)cc1-c1cccc(F)c1CN1C(=O)O[C@H](c2cc(C(F)(F)F)cc(C(F)(F)F)c2)C1C. The van der Waals surface area contributed by atoms with E-state index in [0.717, 1.165) is 17.0 Å². The van der Waals surface area contributed by atoms with Crippen LogP contribution < -0.4 is 4.74 Å². The monoisotopic (exact) mass is 587 g/mol. The van der Waals surface area contributed by atoms with Crippen molar-refractivity contribution in [2.75, 3.05) is 7.11 Å². The number of carbonyl (C=O) groups excluding carboxylic acids is 1. The maximum absolute atomic E-state index is 15.3. The van der Waals surface area contributed by atoms with Gasteiger partial charge in [0.15, 0.2) is 0 Å². The number of methoxy groups -OCH3 is 1.